The zero-order valence-electron chi connectivity index (χ0n) is 12.8. The van der Waals surface area contributed by atoms with Gasteiger partial charge in [-0.05, 0) is 68.8 Å². The van der Waals surface area contributed by atoms with Crippen LogP contribution in [0.2, 0.25) is 0 Å². The van der Waals surface area contributed by atoms with Crippen LogP contribution in [0.4, 0.5) is 0 Å². The maximum atomic E-state index is 3.97. The van der Waals surface area contributed by atoms with Gasteiger partial charge in [-0.3, -0.25) is 0 Å². The molecular formula is C19H27N. The highest BCUT2D eigenvalue weighted by Gasteiger charge is 2.53. The van der Waals surface area contributed by atoms with Crippen LogP contribution < -0.4 is 5.32 Å². The summed E-state index contributed by atoms with van der Waals surface area (Å²) in [6.07, 6.45) is 7.52. The van der Waals surface area contributed by atoms with Gasteiger partial charge < -0.3 is 5.32 Å². The fourth-order valence-electron chi connectivity index (χ4n) is 5.62. The number of nitrogens with one attached hydrogen (secondary N) is 1. The molecule has 108 valence electrons. The molecule has 6 atom stereocenters. The normalized spacial score (nSPS) is 40.0. The van der Waals surface area contributed by atoms with E-state index in [1.165, 1.54) is 43.2 Å². The fourth-order valence-corrected chi connectivity index (χ4v) is 5.62. The summed E-state index contributed by atoms with van der Waals surface area (Å²) in [7, 11) is 0. The number of hydrogen-bond acceptors (Lipinski definition) is 1. The van der Waals surface area contributed by atoms with Gasteiger partial charge in [0.05, 0.1) is 0 Å². The molecule has 3 aliphatic rings. The van der Waals surface area contributed by atoms with Crippen LogP contribution in [-0.4, -0.2) is 6.04 Å². The summed E-state index contributed by atoms with van der Waals surface area (Å²) < 4.78 is 0. The Bertz CT molecular complexity index is 494. The van der Waals surface area contributed by atoms with E-state index in [4.69, 9.17) is 0 Å². The lowest BCUT2D eigenvalue weighted by Gasteiger charge is -2.34. The van der Waals surface area contributed by atoms with Gasteiger partial charge in [0, 0.05) is 12.1 Å². The van der Waals surface area contributed by atoms with E-state index in [1.54, 1.807) is 0 Å². The van der Waals surface area contributed by atoms with Gasteiger partial charge in [-0.1, -0.05) is 36.2 Å². The van der Waals surface area contributed by atoms with Crippen LogP contribution in [0.15, 0.2) is 24.3 Å². The quantitative estimate of drug-likeness (QED) is 0.853. The van der Waals surface area contributed by atoms with Crippen LogP contribution in [0.5, 0.6) is 0 Å². The molecule has 0 heterocycles. The highest BCUT2D eigenvalue weighted by molar-refractivity contribution is 5.25. The van der Waals surface area contributed by atoms with Crippen molar-refractivity contribution in [2.24, 2.45) is 23.7 Å². The van der Waals surface area contributed by atoms with E-state index in [-0.39, 0.29) is 0 Å². The Hall–Kier alpha value is -0.820. The summed E-state index contributed by atoms with van der Waals surface area (Å²) >= 11 is 0. The average molecular weight is 269 g/mol. The van der Waals surface area contributed by atoms with Gasteiger partial charge in [0.2, 0.25) is 0 Å². The minimum Gasteiger partial charge on any atom is -0.307 e. The minimum absolute atomic E-state index is 0.499. The molecule has 2 bridgehead atoms. The van der Waals surface area contributed by atoms with Gasteiger partial charge in [0.15, 0.2) is 0 Å². The molecule has 1 nitrogen and oxygen atoms in total. The molecule has 0 amide bonds. The van der Waals surface area contributed by atoms with Crippen molar-refractivity contribution >= 4 is 0 Å². The number of hydrogen-bond donors (Lipinski definition) is 1. The van der Waals surface area contributed by atoms with Gasteiger partial charge >= 0.3 is 0 Å². The molecule has 20 heavy (non-hydrogen) atoms. The second-order valence-corrected chi connectivity index (χ2v) is 7.56. The monoisotopic (exact) mass is 269 g/mol. The molecule has 0 aliphatic heterocycles. The van der Waals surface area contributed by atoms with Crippen molar-refractivity contribution in [2.45, 2.75) is 58.0 Å². The third-order valence-electron chi connectivity index (χ3n) is 6.43. The number of rotatable bonds is 3. The SMILES string of the molecule is Cc1cccc([C@@H](C)NC2CC3CC2C2CCCC32)c1. The van der Waals surface area contributed by atoms with Crippen LogP contribution in [-0.2, 0) is 0 Å². The first-order chi connectivity index (χ1) is 9.72. The molecule has 0 saturated heterocycles. The molecule has 1 N–H and O–H groups in total. The lowest BCUT2D eigenvalue weighted by molar-refractivity contribution is 0.200. The Kier molecular flexibility index (Phi) is 3.14. The van der Waals surface area contributed by atoms with E-state index in [2.05, 4.69) is 43.4 Å². The molecule has 0 spiro atoms. The molecule has 3 aliphatic carbocycles. The summed E-state index contributed by atoms with van der Waals surface area (Å²) in [6, 6.07) is 10.3. The molecule has 5 unspecified atom stereocenters. The topological polar surface area (TPSA) is 12.0 Å². The average Bonchev–Trinajstić information content (AvgIpc) is 3.10. The van der Waals surface area contributed by atoms with Crippen LogP contribution in [0.3, 0.4) is 0 Å². The third-order valence-corrected chi connectivity index (χ3v) is 6.43. The van der Waals surface area contributed by atoms with Crippen LogP contribution in [0.25, 0.3) is 0 Å². The van der Waals surface area contributed by atoms with Gasteiger partial charge in [-0.15, -0.1) is 0 Å². The van der Waals surface area contributed by atoms with E-state index in [1.807, 2.05) is 0 Å². The van der Waals surface area contributed by atoms with E-state index in [0.29, 0.717) is 6.04 Å². The van der Waals surface area contributed by atoms with Crippen molar-refractivity contribution in [2.75, 3.05) is 0 Å². The van der Waals surface area contributed by atoms with E-state index in [9.17, 15) is 0 Å². The Balaban J connectivity index is 1.45. The summed E-state index contributed by atoms with van der Waals surface area (Å²) in [5, 5.41) is 3.97. The molecule has 4 rings (SSSR count). The van der Waals surface area contributed by atoms with Crippen molar-refractivity contribution < 1.29 is 0 Å². The van der Waals surface area contributed by atoms with Crippen molar-refractivity contribution in [1.82, 2.24) is 5.32 Å². The molecule has 0 radical (unpaired) electrons. The van der Waals surface area contributed by atoms with E-state index >= 15 is 0 Å². The highest BCUT2D eigenvalue weighted by Crippen LogP contribution is 2.58. The maximum Gasteiger partial charge on any atom is 0.0294 e. The summed E-state index contributed by atoms with van der Waals surface area (Å²) in [6.45, 7) is 4.53. The molecule has 1 aromatic carbocycles. The Morgan fingerprint density at radius 2 is 1.95 bits per heavy atom. The van der Waals surface area contributed by atoms with Crippen molar-refractivity contribution in [3.8, 4) is 0 Å². The van der Waals surface area contributed by atoms with E-state index in [0.717, 1.165) is 29.7 Å². The van der Waals surface area contributed by atoms with Gasteiger partial charge in [-0.2, -0.15) is 0 Å². The van der Waals surface area contributed by atoms with Gasteiger partial charge in [0.25, 0.3) is 0 Å². The second kappa shape index (κ2) is 4.87. The predicted octanol–water partition coefficient (Wildman–Crippen LogP) is 4.47. The summed E-state index contributed by atoms with van der Waals surface area (Å²) in [4.78, 5) is 0. The molecule has 0 aromatic heterocycles. The van der Waals surface area contributed by atoms with Gasteiger partial charge in [-0.25, -0.2) is 0 Å². The number of aryl methyl sites for hydroxylation is 1. The van der Waals surface area contributed by atoms with Crippen molar-refractivity contribution in [3.63, 3.8) is 0 Å². The molecular weight excluding hydrogens is 242 g/mol. The molecule has 1 heteroatoms. The number of benzene rings is 1. The maximum absolute atomic E-state index is 3.97. The first kappa shape index (κ1) is 12.9. The first-order valence-corrected chi connectivity index (χ1v) is 8.55. The minimum atomic E-state index is 0.499. The largest absolute Gasteiger partial charge is 0.307 e. The fraction of sp³-hybridized carbons (Fsp3) is 0.684. The van der Waals surface area contributed by atoms with E-state index < -0.39 is 0 Å². The van der Waals surface area contributed by atoms with Crippen LogP contribution in [0.1, 0.15) is 56.2 Å². The molecule has 1 aromatic rings. The number of fused-ring (bicyclic) bond motifs is 5. The zero-order chi connectivity index (χ0) is 13.7. The summed E-state index contributed by atoms with van der Waals surface area (Å²) in [5.74, 6) is 4.21. The summed E-state index contributed by atoms with van der Waals surface area (Å²) in [5.41, 5.74) is 2.83. The third kappa shape index (κ3) is 2.02. The predicted molar refractivity (Wildman–Crippen MR) is 83.6 cm³/mol. The standard InChI is InChI=1S/C19H27N/c1-12-5-3-6-14(9-12)13(2)20-19-11-15-10-18(19)17-8-4-7-16(15)17/h3,5-6,9,13,15-20H,4,7-8,10-11H2,1-2H3/t13-,15?,16?,17?,18?,19?/m1/s1. The van der Waals surface area contributed by atoms with Gasteiger partial charge in [0.1, 0.15) is 0 Å². The van der Waals surface area contributed by atoms with Crippen LogP contribution in [0, 0.1) is 30.6 Å². The van der Waals surface area contributed by atoms with Crippen LogP contribution >= 0.6 is 0 Å². The lowest BCUT2D eigenvalue weighted by Crippen LogP contribution is -2.40. The smallest absolute Gasteiger partial charge is 0.0294 e. The van der Waals surface area contributed by atoms with Crippen molar-refractivity contribution in [1.29, 1.82) is 0 Å². The Morgan fingerprint density at radius 3 is 2.80 bits per heavy atom. The second-order valence-electron chi connectivity index (χ2n) is 7.56. The zero-order valence-corrected chi connectivity index (χ0v) is 12.8. The molecule has 3 saturated carbocycles. The van der Waals surface area contributed by atoms with Crippen molar-refractivity contribution in [3.05, 3.63) is 35.4 Å². The molecule has 3 fully saturated rings. The Labute approximate surface area is 123 Å². The first-order valence-electron chi connectivity index (χ1n) is 8.55. The highest BCUT2D eigenvalue weighted by atomic mass is 15.0. The lowest BCUT2D eigenvalue weighted by atomic mass is 9.79. The Morgan fingerprint density at radius 1 is 1.10 bits per heavy atom.